The molecule has 1 aliphatic rings. The third-order valence-corrected chi connectivity index (χ3v) is 3.61. The number of aromatic nitrogens is 1. The van der Waals surface area contributed by atoms with E-state index in [0.717, 1.165) is 11.4 Å². The summed E-state index contributed by atoms with van der Waals surface area (Å²) >= 11 is 0. The molecule has 1 aliphatic heterocycles. The minimum atomic E-state index is -4.29. The number of aryl methyl sites for hydroxylation is 1. The Morgan fingerprint density at radius 1 is 1.40 bits per heavy atom. The van der Waals surface area contributed by atoms with Crippen LogP contribution >= 0.6 is 0 Å². The molecule has 1 atom stereocenters. The average molecular weight is 289 g/mol. The molecular weight excluding hydrogens is 271 g/mol. The molecule has 0 radical (unpaired) electrons. The van der Waals surface area contributed by atoms with Gasteiger partial charge >= 0.3 is 6.18 Å². The molecule has 0 spiro atoms. The van der Waals surface area contributed by atoms with Crippen molar-refractivity contribution in [2.75, 3.05) is 19.6 Å². The first-order valence-electron chi connectivity index (χ1n) is 6.52. The van der Waals surface area contributed by atoms with E-state index in [9.17, 15) is 18.0 Å². The van der Waals surface area contributed by atoms with Gasteiger partial charge in [0, 0.05) is 24.5 Å². The smallest absolute Gasteiger partial charge is 0.345 e. The molecule has 4 nitrogen and oxygen atoms in total. The molecule has 0 bridgehead atoms. The van der Waals surface area contributed by atoms with Gasteiger partial charge in [-0.05, 0) is 26.0 Å². The first kappa shape index (κ1) is 14.9. The summed E-state index contributed by atoms with van der Waals surface area (Å²) < 4.78 is 38.2. The van der Waals surface area contributed by atoms with E-state index in [1.807, 2.05) is 26.0 Å². The van der Waals surface area contributed by atoms with E-state index in [1.54, 1.807) is 4.90 Å². The van der Waals surface area contributed by atoms with Crippen LogP contribution in [0, 0.1) is 6.92 Å². The number of amides is 1. The van der Waals surface area contributed by atoms with Gasteiger partial charge in [0.15, 0.2) is 0 Å². The number of hydrogen-bond acceptors (Lipinski definition) is 2. The Bertz CT molecular complexity index is 496. The van der Waals surface area contributed by atoms with Crippen molar-refractivity contribution < 1.29 is 18.0 Å². The van der Waals surface area contributed by atoms with Crippen LogP contribution in [0.25, 0.3) is 0 Å². The van der Waals surface area contributed by atoms with Gasteiger partial charge in [0.1, 0.15) is 0 Å². The quantitative estimate of drug-likeness (QED) is 0.922. The predicted molar refractivity (Wildman–Crippen MR) is 68.2 cm³/mol. The molecule has 0 aliphatic carbocycles. The van der Waals surface area contributed by atoms with Crippen molar-refractivity contribution in [2.45, 2.75) is 32.6 Å². The molecule has 112 valence electrons. The Morgan fingerprint density at radius 2 is 2.10 bits per heavy atom. The van der Waals surface area contributed by atoms with E-state index in [4.69, 9.17) is 0 Å². The molecule has 2 heterocycles. The predicted octanol–water partition coefficient (Wildman–Crippen LogP) is 1.85. The van der Waals surface area contributed by atoms with E-state index >= 15 is 0 Å². The van der Waals surface area contributed by atoms with Crippen LogP contribution < -0.4 is 5.32 Å². The van der Waals surface area contributed by atoms with Gasteiger partial charge in [-0.15, -0.1) is 0 Å². The number of hydrogen-bond donors (Lipinski definition) is 1. The first-order valence-corrected chi connectivity index (χ1v) is 6.52. The molecule has 2 rings (SSSR count). The third kappa shape index (κ3) is 3.15. The van der Waals surface area contributed by atoms with Crippen molar-refractivity contribution in [2.24, 2.45) is 0 Å². The number of carbonyl (C=O) groups excluding carboxylic acids is 1. The van der Waals surface area contributed by atoms with Gasteiger partial charge in [-0.2, -0.15) is 13.2 Å². The highest BCUT2D eigenvalue weighted by Crippen LogP contribution is 2.27. The van der Waals surface area contributed by atoms with Crippen LogP contribution in [-0.4, -0.2) is 41.2 Å². The Hall–Kier alpha value is -1.50. The lowest BCUT2D eigenvalue weighted by Gasteiger charge is -2.35. The maximum atomic E-state index is 12.0. The zero-order valence-electron chi connectivity index (χ0n) is 11.5. The summed E-state index contributed by atoms with van der Waals surface area (Å²) in [5.41, 5.74) is 2.16. The van der Waals surface area contributed by atoms with Crippen molar-refractivity contribution in [1.29, 1.82) is 0 Å². The van der Waals surface area contributed by atoms with Crippen molar-refractivity contribution in [3.63, 3.8) is 0 Å². The highest BCUT2D eigenvalue weighted by atomic mass is 19.4. The number of fused-ring (bicyclic) bond motifs is 1. The summed E-state index contributed by atoms with van der Waals surface area (Å²) in [4.78, 5) is 13.6. The zero-order chi connectivity index (χ0) is 14.9. The fourth-order valence-corrected chi connectivity index (χ4v) is 2.57. The summed E-state index contributed by atoms with van der Waals surface area (Å²) in [5, 5.41) is 2.15. The number of halogens is 3. The minimum Gasteiger partial charge on any atom is -0.345 e. The maximum absolute atomic E-state index is 12.0. The average Bonchev–Trinajstić information content (AvgIpc) is 2.71. The summed E-state index contributed by atoms with van der Waals surface area (Å²) in [6.45, 7) is 3.67. The highest BCUT2D eigenvalue weighted by molar-refractivity contribution is 5.78. The van der Waals surface area contributed by atoms with Gasteiger partial charge in [0.25, 0.3) is 0 Å². The molecule has 7 heteroatoms. The Labute approximate surface area is 115 Å². The van der Waals surface area contributed by atoms with Gasteiger partial charge in [0.05, 0.1) is 19.1 Å². The van der Waals surface area contributed by atoms with E-state index in [1.165, 1.54) is 0 Å². The van der Waals surface area contributed by atoms with E-state index < -0.39 is 12.7 Å². The fraction of sp³-hybridized carbons (Fsp3) is 0.615. The number of alkyl halides is 3. The fourth-order valence-electron chi connectivity index (χ4n) is 2.57. The van der Waals surface area contributed by atoms with Crippen molar-refractivity contribution in [1.82, 2.24) is 14.8 Å². The van der Waals surface area contributed by atoms with Gasteiger partial charge in [-0.25, -0.2) is 0 Å². The number of nitrogens with zero attached hydrogens (tertiary/aromatic N) is 2. The van der Waals surface area contributed by atoms with Crippen molar-refractivity contribution in [3.05, 3.63) is 23.5 Å². The Kier molecular flexibility index (Phi) is 4.08. The molecule has 1 aromatic rings. The van der Waals surface area contributed by atoms with Crippen LogP contribution in [0.1, 0.15) is 24.4 Å². The lowest BCUT2D eigenvalue weighted by Crippen LogP contribution is -2.46. The monoisotopic (exact) mass is 289 g/mol. The third-order valence-electron chi connectivity index (χ3n) is 3.61. The SMILES string of the molecule is Cc1ccc2n1CCN(C(=O)CNCC(F)(F)F)C2C. The largest absolute Gasteiger partial charge is 0.401 e. The summed E-state index contributed by atoms with van der Waals surface area (Å²) in [6.07, 6.45) is -4.29. The Morgan fingerprint density at radius 3 is 2.75 bits per heavy atom. The lowest BCUT2D eigenvalue weighted by molar-refractivity contribution is -0.136. The maximum Gasteiger partial charge on any atom is 0.401 e. The number of carbonyl (C=O) groups is 1. The van der Waals surface area contributed by atoms with Crippen LogP contribution in [0.2, 0.25) is 0 Å². The molecule has 20 heavy (non-hydrogen) atoms. The van der Waals surface area contributed by atoms with Crippen molar-refractivity contribution >= 4 is 5.91 Å². The highest BCUT2D eigenvalue weighted by Gasteiger charge is 2.30. The molecule has 0 aromatic carbocycles. The van der Waals surface area contributed by atoms with Gasteiger partial charge in [-0.1, -0.05) is 0 Å². The minimum absolute atomic E-state index is 0.113. The number of rotatable bonds is 3. The molecule has 1 aromatic heterocycles. The van der Waals surface area contributed by atoms with E-state index in [2.05, 4.69) is 9.88 Å². The molecule has 1 amide bonds. The second-order valence-electron chi connectivity index (χ2n) is 5.03. The molecule has 1 unspecified atom stereocenters. The number of nitrogens with one attached hydrogen (secondary N) is 1. The topological polar surface area (TPSA) is 37.3 Å². The van der Waals surface area contributed by atoms with Crippen LogP contribution in [-0.2, 0) is 11.3 Å². The van der Waals surface area contributed by atoms with Crippen LogP contribution in [0.3, 0.4) is 0 Å². The molecular formula is C13H18F3N3O. The standard InChI is InChI=1S/C13H18F3N3O/c1-9-3-4-11-10(2)19(6-5-18(9)11)12(20)7-17-8-13(14,15)16/h3-4,10,17H,5-8H2,1-2H3. The van der Waals surface area contributed by atoms with E-state index in [-0.39, 0.29) is 18.5 Å². The van der Waals surface area contributed by atoms with Crippen LogP contribution in [0.5, 0.6) is 0 Å². The van der Waals surface area contributed by atoms with E-state index in [0.29, 0.717) is 13.1 Å². The summed E-state index contributed by atoms with van der Waals surface area (Å²) in [6, 6.07) is 3.84. The van der Waals surface area contributed by atoms with Crippen LogP contribution in [0.4, 0.5) is 13.2 Å². The first-order chi connectivity index (χ1) is 9.29. The van der Waals surface area contributed by atoms with Gasteiger partial charge in [-0.3, -0.25) is 4.79 Å². The lowest BCUT2D eigenvalue weighted by atomic mass is 10.1. The molecule has 1 N–H and O–H groups in total. The second kappa shape index (κ2) is 5.47. The van der Waals surface area contributed by atoms with Gasteiger partial charge in [0.2, 0.25) is 5.91 Å². The van der Waals surface area contributed by atoms with Crippen LogP contribution in [0.15, 0.2) is 12.1 Å². The second-order valence-corrected chi connectivity index (χ2v) is 5.03. The molecule has 0 fully saturated rings. The molecule has 0 saturated heterocycles. The zero-order valence-corrected chi connectivity index (χ0v) is 11.5. The van der Waals surface area contributed by atoms with Crippen molar-refractivity contribution in [3.8, 4) is 0 Å². The Balaban J connectivity index is 1.95. The summed E-state index contributed by atoms with van der Waals surface area (Å²) in [5.74, 6) is -0.299. The normalized spacial score (nSPS) is 19.1. The van der Waals surface area contributed by atoms with Gasteiger partial charge < -0.3 is 14.8 Å². The molecule has 0 saturated carbocycles. The summed E-state index contributed by atoms with van der Waals surface area (Å²) in [7, 11) is 0.